The van der Waals surface area contributed by atoms with Gasteiger partial charge in [-0.3, -0.25) is 21.3 Å². The molecule has 12 N–H and O–H groups in total. The summed E-state index contributed by atoms with van der Waals surface area (Å²) in [6, 6.07) is 49.9. The molecule has 0 saturated carbocycles. The highest BCUT2D eigenvalue weighted by atomic mass is 79.9. The predicted molar refractivity (Wildman–Crippen MR) is 381 cm³/mol. The summed E-state index contributed by atoms with van der Waals surface area (Å²) < 4.78 is 2.30. The number of nitrogens with one attached hydrogen (secondary N) is 8. The fourth-order valence-corrected chi connectivity index (χ4v) is 9.43. The van der Waals surface area contributed by atoms with Crippen LogP contribution in [0.15, 0.2) is 185 Å². The van der Waals surface area contributed by atoms with Gasteiger partial charge in [0.15, 0.2) is 24.8 Å². The van der Waals surface area contributed by atoms with Crippen molar-refractivity contribution in [2.75, 3.05) is 21.3 Å². The van der Waals surface area contributed by atoms with E-state index in [1.165, 1.54) is 30.3 Å². The molecule has 0 aliphatic carbocycles. The summed E-state index contributed by atoms with van der Waals surface area (Å²) in [6.45, 7) is 5.99. The Morgan fingerprint density at radius 2 is 0.781 bits per heavy atom. The maximum absolute atomic E-state index is 10.6. The van der Waals surface area contributed by atoms with Crippen molar-refractivity contribution in [1.29, 1.82) is 42.1 Å². The largest absolute Gasteiger partial charge is 0.506 e. The van der Waals surface area contributed by atoms with Gasteiger partial charge in [0, 0.05) is 24.5 Å². The smallest absolute Gasteiger partial charge is 0.214 e. The van der Waals surface area contributed by atoms with Crippen LogP contribution in [-0.4, -0.2) is 44.3 Å². The second-order valence-corrected chi connectivity index (χ2v) is 22.8. The molecule has 0 spiro atoms. The van der Waals surface area contributed by atoms with Crippen LogP contribution in [0.1, 0.15) is 60.6 Å². The number of hydrogen-bond acceptors (Lipinski definition) is 16. The van der Waals surface area contributed by atoms with Crippen molar-refractivity contribution < 1.29 is 20.4 Å². The number of hydrogen-bond donors (Lipinski definition) is 12. The molecule has 0 aliphatic rings. The molecule has 0 amide bonds. The van der Waals surface area contributed by atoms with Gasteiger partial charge in [-0.05, 0) is 176 Å². The number of nitrogens with zero attached hydrogens (tertiary/aromatic N) is 12. The fraction of sp³-hybridized carbons (Fsp3) is 0.104. The number of nitriles is 8. The van der Waals surface area contributed by atoms with Crippen LogP contribution in [0.25, 0.3) is 0 Å². The second-order valence-electron chi connectivity index (χ2n) is 19.5. The Bertz CT molecular complexity index is 4610. The van der Waals surface area contributed by atoms with E-state index < -0.39 is 0 Å². The lowest BCUT2D eigenvalue weighted by Gasteiger charge is -2.15. The maximum atomic E-state index is 10.6. The van der Waals surface area contributed by atoms with Crippen LogP contribution < -0.4 is 42.5 Å². The number of halogens is 5. The second kappa shape index (κ2) is 38.7. The normalized spacial score (nSPS) is 10.6. The molecule has 480 valence electrons. The number of rotatable bonds is 12. The van der Waals surface area contributed by atoms with Gasteiger partial charge in [0.25, 0.3) is 0 Å². The van der Waals surface area contributed by atoms with Crippen molar-refractivity contribution in [1.82, 2.24) is 21.3 Å². The lowest BCUT2D eigenvalue weighted by molar-refractivity contribution is 0.464. The van der Waals surface area contributed by atoms with Crippen molar-refractivity contribution in [2.24, 2.45) is 25.9 Å². The fourth-order valence-electron chi connectivity index (χ4n) is 7.97. The molecule has 8 aromatic rings. The summed E-state index contributed by atoms with van der Waals surface area (Å²) in [6.07, 6.45) is 9.08. The average molecular weight is 1510 g/mol. The van der Waals surface area contributed by atoms with E-state index in [-0.39, 0.29) is 63.5 Å². The molecule has 0 aromatic heterocycles. The SMILES string of the molecule is CC(C)Cc1c(C#N)ccc(NC(=Nc2ccccc2Br)NC#N)c1O.CCCc1c(C#N)ccc(NC(=Nc2ccccc2Br)NC#N)c1O.N#CNC(=Nc1cccc(Cl)c1Cl)Nc1ccc(C#N)cc1O.N#CNC(=Nc1ccccc1Br)Nc1ccc(C#N)cc1O. The zero-order valence-electron chi connectivity index (χ0n) is 50.7. The number of benzene rings is 8. The molecular formula is C67H53Br3Cl2N20O4. The molecule has 24 nitrogen and oxygen atoms in total. The summed E-state index contributed by atoms with van der Waals surface area (Å²) in [7, 11) is 0. The third-order valence-electron chi connectivity index (χ3n) is 12.3. The quantitative estimate of drug-likeness (QED) is 0.0178. The molecule has 0 atom stereocenters. The van der Waals surface area contributed by atoms with E-state index >= 15 is 0 Å². The molecule has 0 heterocycles. The topological polar surface area (TPSA) is 417 Å². The zero-order valence-corrected chi connectivity index (χ0v) is 56.9. The van der Waals surface area contributed by atoms with E-state index in [4.69, 9.17) is 54.8 Å². The molecule has 0 bridgehead atoms. The number of para-hydroxylation sites is 3. The Morgan fingerprint density at radius 1 is 0.438 bits per heavy atom. The van der Waals surface area contributed by atoms with Crippen molar-refractivity contribution in [3.05, 3.63) is 209 Å². The first-order valence-corrected chi connectivity index (χ1v) is 31.1. The number of guanidine groups is 4. The molecule has 0 aliphatic heterocycles. The first-order valence-electron chi connectivity index (χ1n) is 27.9. The van der Waals surface area contributed by atoms with E-state index in [2.05, 4.69) is 122 Å². The van der Waals surface area contributed by atoms with Crippen LogP contribution in [0.5, 0.6) is 23.0 Å². The van der Waals surface area contributed by atoms with Gasteiger partial charge in [0.2, 0.25) is 23.8 Å². The van der Waals surface area contributed by atoms with Crippen LogP contribution in [-0.2, 0) is 12.8 Å². The minimum absolute atomic E-state index is 0.0135. The van der Waals surface area contributed by atoms with Gasteiger partial charge in [0.1, 0.15) is 23.0 Å². The average Bonchev–Trinajstić information content (AvgIpc) is 0.863. The van der Waals surface area contributed by atoms with E-state index in [0.29, 0.717) is 91.1 Å². The number of phenols is 4. The van der Waals surface area contributed by atoms with Gasteiger partial charge >= 0.3 is 0 Å². The summed E-state index contributed by atoms with van der Waals surface area (Å²) in [5.41, 5.74) is 6.18. The number of anilines is 4. The summed E-state index contributed by atoms with van der Waals surface area (Å²) in [5.74, 6) is 0.483. The molecule has 0 saturated heterocycles. The summed E-state index contributed by atoms with van der Waals surface area (Å²) >= 11 is 22.1. The number of phenolic OH excluding ortho intramolecular Hbond substituents is 4. The third-order valence-corrected chi connectivity index (χ3v) is 15.1. The highest BCUT2D eigenvalue weighted by Crippen LogP contribution is 2.36. The van der Waals surface area contributed by atoms with Crippen LogP contribution in [0.3, 0.4) is 0 Å². The molecule has 8 aromatic carbocycles. The number of aliphatic imine (C=N–C) groups is 4. The third kappa shape index (κ3) is 22.7. The summed E-state index contributed by atoms with van der Waals surface area (Å²) in [5, 5.41) is 134. The molecule has 8 rings (SSSR count). The van der Waals surface area contributed by atoms with Gasteiger partial charge in [-0.1, -0.05) is 92.9 Å². The van der Waals surface area contributed by atoms with Gasteiger partial charge in [-0.15, -0.1) is 0 Å². The Morgan fingerprint density at radius 3 is 1.12 bits per heavy atom. The first-order chi connectivity index (χ1) is 46.2. The highest BCUT2D eigenvalue weighted by molar-refractivity contribution is 9.11. The lowest BCUT2D eigenvalue weighted by atomic mass is 9.96. The van der Waals surface area contributed by atoms with E-state index in [9.17, 15) is 30.9 Å². The van der Waals surface area contributed by atoms with Crippen LogP contribution >= 0.6 is 71.0 Å². The standard InChI is InChI=1S/C19H18BrN5O.C18H16BrN5O.C15H10BrN5O.C15H9Cl2N5O/c1-12(2)9-14-13(10-21)7-8-17(18(14)26)25-19(23-11-22)24-16-6-4-3-5-15(16)20;1-2-5-13-12(10-20)8-9-16(17(13)25)24-18(22-11-21)23-15-7-4-3-6-14(15)19;16-11-3-1-2-4-12(11)20-15(19-9-18)21-13-6-5-10(8-17)7-14(13)22;16-10-2-1-3-12(14(10)17)22-15(20-8-19)21-11-5-4-9(7-18)6-13(11)23/h3-8,12,26H,9H2,1-2H3,(H2,23,24,25);3-4,6-9,25H,2,5H2,1H3,(H2,22,23,24);1-7,22H,(H2,19,20,21);1-6,23H,(H2,20,21,22). The van der Waals surface area contributed by atoms with Crippen molar-refractivity contribution in [3.8, 4) is 72.0 Å². The zero-order chi connectivity index (χ0) is 70.1. The lowest BCUT2D eigenvalue weighted by Crippen LogP contribution is -2.26. The monoisotopic (exact) mass is 1510 g/mol. The first kappa shape index (κ1) is 74.7. The Kier molecular flexibility index (Phi) is 30.1. The van der Waals surface area contributed by atoms with Crippen molar-refractivity contribution in [3.63, 3.8) is 0 Å². The maximum Gasteiger partial charge on any atom is 0.214 e. The Hall–Kier alpha value is -12.0. The minimum Gasteiger partial charge on any atom is -0.506 e. The van der Waals surface area contributed by atoms with Gasteiger partial charge < -0.3 is 41.7 Å². The Balaban J connectivity index is 0.000000232. The van der Waals surface area contributed by atoms with Crippen LogP contribution in [0.4, 0.5) is 45.5 Å². The van der Waals surface area contributed by atoms with Crippen LogP contribution in [0, 0.1) is 97.1 Å². The molecule has 0 unspecified atom stereocenters. The predicted octanol–water partition coefficient (Wildman–Crippen LogP) is 15.5. The Labute approximate surface area is 587 Å². The summed E-state index contributed by atoms with van der Waals surface area (Å²) in [4.78, 5) is 17.2. The van der Waals surface area contributed by atoms with Crippen LogP contribution in [0.2, 0.25) is 10.0 Å². The van der Waals surface area contributed by atoms with E-state index in [1.807, 2.05) is 99.9 Å². The molecular weight excluding hydrogens is 1460 g/mol. The number of aromatic hydroxyl groups is 4. The molecule has 29 heteroatoms. The molecule has 0 fully saturated rings. The molecule has 0 radical (unpaired) electrons. The van der Waals surface area contributed by atoms with E-state index in [1.54, 1.807) is 79.1 Å². The van der Waals surface area contributed by atoms with Crippen molar-refractivity contribution in [2.45, 2.75) is 40.0 Å². The van der Waals surface area contributed by atoms with Crippen molar-refractivity contribution >= 4 is 140 Å². The van der Waals surface area contributed by atoms with Gasteiger partial charge in [0.05, 0.1) is 102 Å². The van der Waals surface area contributed by atoms with E-state index in [0.717, 1.165) is 19.8 Å². The van der Waals surface area contributed by atoms with Gasteiger partial charge in [-0.2, -0.15) is 42.1 Å². The van der Waals surface area contributed by atoms with Gasteiger partial charge in [-0.25, -0.2) is 20.0 Å². The molecule has 96 heavy (non-hydrogen) atoms. The highest BCUT2D eigenvalue weighted by Gasteiger charge is 2.18. The minimum atomic E-state index is -0.159.